The van der Waals surface area contributed by atoms with Crippen molar-refractivity contribution in [3.8, 4) is 0 Å². The fourth-order valence-electron chi connectivity index (χ4n) is 1.11. The van der Waals surface area contributed by atoms with Crippen molar-refractivity contribution in [1.29, 1.82) is 0 Å². The van der Waals surface area contributed by atoms with Crippen LogP contribution in [0.25, 0.3) is 0 Å². The van der Waals surface area contributed by atoms with Crippen LogP contribution in [0, 0.1) is 5.92 Å². The molecule has 1 aromatic heterocycles. The quantitative estimate of drug-likeness (QED) is 0.468. The molecule has 0 amide bonds. The van der Waals surface area contributed by atoms with Crippen molar-refractivity contribution in [1.82, 2.24) is 9.97 Å². The average molecular weight is 281 g/mol. The minimum absolute atomic E-state index is 0.0152. The number of hydrogen-bond donors (Lipinski definition) is 0. The maximum atomic E-state index is 11.9. The van der Waals surface area contributed by atoms with Crippen LogP contribution >= 0.6 is 23.4 Å². The van der Waals surface area contributed by atoms with E-state index in [0.717, 1.165) is 0 Å². The van der Waals surface area contributed by atoms with E-state index in [9.17, 15) is 8.42 Å². The summed E-state index contributed by atoms with van der Waals surface area (Å²) >= 11 is 6.98. The minimum Gasteiger partial charge on any atom is -0.230 e. The first kappa shape index (κ1) is 13.7. The molecular weight excluding hydrogens is 268 g/mol. The SMILES string of the molecule is CSc1cc(S(=O)(=O)CC(C)CCl)ncn1. The van der Waals surface area contributed by atoms with Gasteiger partial charge in [-0.2, -0.15) is 0 Å². The van der Waals surface area contributed by atoms with Gasteiger partial charge in [0, 0.05) is 11.9 Å². The number of aromatic nitrogens is 2. The maximum absolute atomic E-state index is 11.9. The van der Waals surface area contributed by atoms with Gasteiger partial charge in [0.15, 0.2) is 14.9 Å². The van der Waals surface area contributed by atoms with E-state index in [1.54, 1.807) is 6.92 Å². The number of hydrogen-bond acceptors (Lipinski definition) is 5. The smallest absolute Gasteiger partial charge is 0.196 e. The molecule has 0 fully saturated rings. The highest BCUT2D eigenvalue weighted by atomic mass is 35.5. The summed E-state index contributed by atoms with van der Waals surface area (Å²) < 4.78 is 23.8. The van der Waals surface area contributed by atoms with Crippen LogP contribution in [0.1, 0.15) is 6.92 Å². The van der Waals surface area contributed by atoms with Crippen LogP contribution < -0.4 is 0 Å². The van der Waals surface area contributed by atoms with Gasteiger partial charge in [0.25, 0.3) is 0 Å². The first-order chi connectivity index (χ1) is 7.49. The molecule has 16 heavy (non-hydrogen) atoms. The fraction of sp³-hybridized carbons (Fsp3) is 0.556. The Hall–Kier alpha value is -0.330. The van der Waals surface area contributed by atoms with Gasteiger partial charge >= 0.3 is 0 Å². The van der Waals surface area contributed by atoms with E-state index in [1.165, 1.54) is 24.2 Å². The molecular formula is C9H13ClN2O2S2. The van der Waals surface area contributed by atoms with Gasteiger partial charge in [-0.1, -0.05) is 6.92 Å². The van der Waals surface area contributed by atoms with Gasteiger partial charge in [-0.05, 0) is 12.2 Å². The van der Waals surface area contributed by atoms with Crippen LogP contribution in [-0.2, 0) is 9.84 Å². The molecule has 90 valence electrons. The third-order valence-corrected chi connectivity index (χ3v) is 4.95. The molecule has 0 aliphatic rings. The predicted molar refractivity (Wildman–Crippen MR) is 65.7 cm³/mol. The van der Waals surface area contributed by atoms with Crippen molar-refractivity contribution in [2.45, 2.75) is 17.0 Å². The third-order valence-electron chi connectivity index (χ3n) is 1.91. The number of halogens is 1. The van der Waals surface area contributed by atoms with E-state index in [4.69, 9.17) is 11.6 Å². The molecule has 1 heterocycles. The molecule has 1 rings (SSSR count). The van der Waals surface area contributed by atoms with E-state index in [-0.39, 0.29) is 16.7 Å². The Kier molecular flexibility index (Phi) is 5.01. The second kappa shape index (κ2) is 5.84. The van der Waals surface area contributed by atoms with Crippen LogP contribution in [0.3, 0.4) is 0 Å². The first-order valence-electron chi connectivity index (χ1n) is 4.64. The van der Waals surface area contributed by atoms with Crippen molar-refractivity contribution in [2.24, 2.45) is 5.92 Å². The van der Waals surface area contributed by atoms with E-state index >= 15 is 0 Å². The molecule has 0 saturated carbocycles. The Bertz CT molecular complexity index is 451. The zero-order valence-corrected chi connectivity index (χ0v) is 11.4. The minimum atomic E-state index is -3.35. The molecule has 1 atom stereocenters. The molecule has 1 unspecified atom stereocenters. The van der Waals surface area contributed by atoms with Crippen molar-refractivity contribution in [3.05, 3.63) is 12.4 Å². The number of alkyl halides is 1. The number of nitrogens with zero attached hydrogens (tertiary/aromatic N) is 2. The number of sulfone groups is 1. The summed E-state index contributed by atoms with van der Waals surface area (Å²) in [4.78, 5) is 7.72. The van der Waals surface area contributed by atoms with Gasteiger partial charge in [0.1, 0.15) is 11.4 Å². The lowest BCUT2D eigenvalue weighted by Crippen LogP contribution is -2.16. The Balaban J connectivity index is 2.98. The summed E-state index contributed by atoms with van der Waals surface area (Å²) in [6.07, 6.45) is 3.10. The lowest BCUT2D eigenvalue weighted by molar-refractivity contribution is 0.578. The molecule has 0 saturated heterocycles. The highest BCUT2D eigenvalue weighted by Crippen LogP contribution is 2.17. The van der Waals surface area contributed by atoms with Crippen molar-refractivity contribution in [2.75, 3.05) is 17.9 Å². The van der Waals surface area contributed by atoms with Crippen LogP contribution in [0.4, 0.5) is 0 Å². The zero-order chi connectivity index (χ0) is 12.2. The van der Waals surface area contributed by atoms with Crippen LogP contribution in [0.2, 0.25) is 0 Å². The van der Waals surface area contributed by atoms with Crippen LogP contribution in [-0.4, -0.2) is 36.3 Å². The highest BCUT2D eigenvalue weighted by molar-refractivity contribution is 7.98. The molecule has 0 radical (unpaired) electrons. The molecule has 0 aromatic carbocycles. The molecule has 0 aliphatic carbocycles. The summed E-state index contributed by atoms with van der Waals surface area (Å²) in [7, 11) is -3.35. The fourth-order valence-corrected chi connectivity index (χ4v) is 3.34. The Morgan fingerprint density at radius 1 is 1.50 bits per heavy atom. The van der Waals surface area contributed by atoms with E-state index in [0.29, 0.717) is 10.9 Å². The standard InChI is InChI=1S/C9H13ClN2O2S2/c1-7(4-10)5-16(13,14)9-3-8(15-2)11-6-12-9/h3,6-7H,4-5H2,1-2H3. The average Bonchev–Trinajstić information content (AvgIpc) is 2.28. The van der Waals surface area contributed by atoms with Crippen LogP contribution in [0.15, 0.2) is 22.4 Å². The predicted octanol–water partition coefficient (Wildman–Crippen LogP) is 1.85. The van der Waals surface area contributed by atoms with Gasteiger partial charge in [-0.25, -0.2) is 18.4 Å². The van der Waals surface area contributed by atoms with Crippen molar-refractivity contribution in [3.63, 3.8) is 0 Å². The lowest BCUT2D eigenvalue weighted by atomic mass is 10.3. The van der Waals surface area contributed by atoms with Gasteiger partial charge in [0.05, 0.1) is 5.75 Å². The largest absolute Gasteiger partial charge is 0.230 e. The maximum Gasteiger partial charge on any atom is 0.196 e. The molecule has 0 bridgehead atoms. The van der Waals surface area contributed by atoms with E-state index in [1.807, 2.05) is 6.26 Å². The normalized spacial score (nSPS) is 13.7. The summed E-state index contributed by atoms with van der Waals surface area (Å²) in [5, 5.41) is 0.718. The molecule has 4 nitrogen and oxygen atoms in total. The molecule has 0 aliphatic heterocycles. The lowest BCUT2D eigenvalue weighted by Gasteiger charge is -2.08. The Morgan fingerprint density at radius 3 is 2.75 bits per heavy atom. The Morgan fingerprint density at radius 2 is 2.19 bits per heavy atom. The van der Waals surface area contributed by atoms with E-state index < -0.39 is 9.84 Å². The molecule has 1 aromatic rings. The molecule has 0 N–H and O–H groups in total. The number of thioether (sulfide) groups is 1. The van der Waals surface area contributed by atoms with E-state index in [2.05, 4.69) is 9.97 Å². The summed E-state index contributed by atoms with van der Waals surface area (Å²) in [5.74, 6) is 0.250. The molecule has 7 heteroatoms. The Labute approximate surface area is 105 Å². The highest BCUT2D eigenvalue weighted by Gasteiger charge is 2.20. The number of rotatable bonds is 5. The summed E-state index contributed by atoms with van der Waals surface area (Å²) in [6, 6.07) is 1.49. The molecule has 0 spiro atoms. The summed E-state index contributed by atoms with van der Waals surface area (Å²) in [5.41, 5.74) is 0. The van der Waals surface area contributed by atoms with Crippen molar-refractivity contribution < 1.29 is 8.42 Å². The van der Waals surface area contributed by atoms with Gasteiger partial charge < -0.3 is 0 Å². The first-order valence-corrected chi connectivity index (χ1v) is 8.05. The monoisotopic (exact) mass is 280 g/mol. The zero-order valence-electron chi connectivity index (χ0n) is 9.05. The second-order valence-electron chi connectivity index (χ2n) is 3.44. The van der Waals surface area contributed by atoms with Crippen LogP contribution in [0.5, 0.6) is 0 Å². The summed E-state index contributed by atoms with van der Waals surface area (Å²) in [6.45, 7) is 1.79. The second-order valence-corrected chi connectivity index (χ2v) is 6.56. The van der Waals surface area contributed by atoms with Crippen molar-refractivity contribution >= 4 is 33.2 Å². The van der Waals surface area contributed by atoms with Gasteiger partial charge in [0.2, 0.25) is 0 Å². The van der Waals surface area contributed by atoms with Gasteiger partial charge in [-0.15, -0.1) is 23.4 Å². The third kappa shape index (κ3) is 3.61. The topological polar surface area (TPSA) is 59.9 Å². The van der Waals surface area contributed by atoms with Gasteiger partial charge in [-0.3, -0.25) is 0 Å².